The van der Waals surface area contributed by atoms with E-state index in [0.29, 0.717) is 12.5 Å². The van der Waals surface area contributed by atoms with E-state index in [2.05, 4.69) is 10.3 Å². The third kappa shape index (κ3) is 7.61. The zero-order chi connectivity index (χ0) is 15.3. The Morgan fingerprint density at radius 1 is 1.29 bits per heavy atom. The van der Waals surface area contributed by atoms with Crippen LogP contribution in [-0.2, 0) is 0 Å². The van der Waals surface area contributed by atoms with E-state index in [1.54, 1.807) is 12.1 Å². The maximum Gasteiger partial charge on any atom is 0.189 e. The van der Waals surface area contributed by atoms with Crippen LogP contribution in [0, 0.1) is 5.82 Å². The summed E-state index contributed by atoms with van der Waals surface area (Å²) in [7, 11) is 3.94. The number of rotatable bonds is 4. The smallest absolute Gasteiger partial charge is 0.189 e. The minimum absolute atomic E-state index is 0. The molecule has 4 nitrogen and oxygen atoms in total. The molecule has 0 aliphatic carbocycles. The Labute approximate surface area is 144 Å². The van der Waals surface area contributed by atoms with Gasteiger partial charge in [0.25, 0.3) is 0 Å². The molecule has 0 aliphatic rings. The third-order valence-corrected chi connectivity index (χ3v) is 2.82. The molecular formula is C15H26FIN4. The fourth-order valence-corrected chi connectivity index (χ4v) is 1.86. The van der Waals surface area contributed by atoms with Crippen LogP contribution in [0.4, 0.5) is 4.39 Å². The Hall–Kier alpha value is -0.890. The summed E-state index contributed by atoms with van der Waals surface area (Å²) >= 11 is 0. The van der Waals surface area contributed by atoms with Gasteiger partial charge < -0.3 is 16.0 Å². The van der Waals surface area contributed by atoms with Crippen LogP contribution in [-0.4, -0.2) is 37.0 Å². The highest BCUT2D eigenvalue weighted by molar-refractivity contribution is 14.0. The third-order valence-electron chi connectivity index (χ3n) is 2.82. The van der Waals surface area contributed by atoms with Gasteiger partial charge in [-0.2, -0.15) is 0 Å². The fraction of sp³-hybridized carbons (Fsp3) is 0.533. The molecule has 21 heavy (non-hydrogen) atoms. The molecule has 0 fully saturated rings. The summed E-state index contributed by atoms with van der Waals surface area (Å²) in [5, 5.41) is 3.12. The molecule has 1 aromatic rings. The van der Waals surface area contributed by atoms with Crippen LogP contribution in [0.2, 0.25) is 0 Å². The Morgan fingerprint density at radius 3 is 2.24 bits per heavy atom. The number of hydrogen-bond acceptors (Lipinski definition) is 2. The highest BCUT2D eigenvalue weighted by Gasteiger charge is 2.15. The molecule has 0 heterocycles. The molecule has 0 bridgehead atoms. The van der Waals surface area contributed by atoms with Gasteiger partial charge in [0.15, 0.2) is 5.96 Å². The number of halogens is 2. The number of benzene rings is 1. The monoisotopic (exact) mass is 408 g/mol. The van der Waals surface area contributed by atoms with Gasteiger partial charge in [-0.1, -0.05) is 12.1 Å². The van der Waals surface area contributed by atoms with E-state index in [4.69, 9.17) is 5.73 Å². The maximum absolute atomic E-state index is 13.0. The second-order valence-electron chi connectivity index (χ2n) is 6.13. The largest absolute Gasteiger partial charge is 0.370 e. The van der Waals surface area contributed by atoms with Crippen molar-refractivity contribution in [3.63, 3.8) is 0 Å². The maximum atomic E-state index is 13.0. The predicted molar refractivity (Wildman–Crippen MR) is 97.6 cm³/mol. The molecule has 0 saturated heterocycles. The molecule has 0 saturated carbocycles. The van der Waals surface area contributed by atoms with E-state index >= 15 is 0 Å². The van der Waals surface area contributed by atoms with Crippen molar-refractivity contribution in [1.82, 2.24) is 10.2 Å². The summed E-state index contributed by atoms with van der Waals surface area (Å²) < 4.78 is 13.0. The summed E-state index contributed by atoms with van der Waals surface area (Å²) in [5.74, 6) is 0.190. The first-order valence-corrected chi connectivity index (χ1v) is 6.69. The zero-order valence-electron chi connectivity index (χ0n) is 13.4. The van der Waals surface area contributed by atoms with Crippen molar-refractivity contribution in [1.29, 1.82) is 0 Å². The minimum Gasteiger partial charge on any atom is -0.370 e. The lowest BCUT2D eigenvalue weighted by molar-refractivity contribution is 0.306. The highest BCUT2D eigenvalue weighted by atomic mass is 127. The molecular weight excluding hydrogens is 382 g/mol. The van der Waals surface area contributed by atoms with Gasteiger partial charge in [-0.3, -0.25) is 4.99 Å². The van der Waals surface area contributed by atoms with Crippen LogP contribution in [0.3, 0.4) is 0 Å². The molecule has 0 spiro atoms. The van der Waals surface area contributed by atoms with Crippen LogP contribution < -0.4 is 11.1 Å². The first-order valence-electron chi connectivity index (χ1n) is 6.69. The van der Waals surface area contributed by atoms with E-state index < -0.39 is 0 Å². The van der Waals surface area contributed by atoms with Gasteiger partial charge in [0.05, 0.1) is 12.6 Å². The molecule has 1 aromatic carbocycles. The van der Waals surface area contributed by atoms with Crippen molar-refractivity contribution in [3.8, 4) is 0 Å². The topological polar surface area (TPSA) is 53.6 Å². The first-order chi connectivity index (χ1) is 9.19. The first kappa shape index (κ1) is 20.1. The lowest BCUT2D eigenvalue weighted by atomic mass is 10.1. The summed E-state index contributed by atoms with van der Waals surface area (Å²) in [4.78, 5) is 6.42. The molecule has 6 heteroatoms. The molecule has 1 rings (SSSR count). The summed E-state index contributed by atoms with van der Waals surface area (Å²) in [6.45, 7) is 6.60. The molecule has 3 N–H and O–H groups in total. The fourth-order valence-electron chi connectivity index (χ4n) is 1.86. The Kier molecular flexibility index (Phi) is 8.17. The Balaban J connectivity index is 0.00000400. The SMILES string of the molecule is CN(C)C(CN=C(N)NC(C)(C)C)c1ccc(F)cc1.I. The van der Waals surface area contributed by atoms with E-state index in [0.717, 1.165) is 5.56 Å². The van der Waals surface area contributed by atoms with E-state index in [1.807, 2.05) is 39.8 Å². The van der Waals surface area contributed by atoms with Gasteiger partial charge in [-0.05, 0) is 52.6 Å². The normalized spacial score (nSPS) is 13.8. The standard InChI is InChI=1S/C15H25FN4.HI/c1-15(2,3)19-14(17)18-10-13(20(4)5)11-6-8-12(16)9-7-11;/h6-9,13H,10H2,1-5H3,(H3,17,18,19);1H. The van der Waals surface area contributed by atoms with Gasteiger partial charge in [0.1, 0.15) is 5.82 Å². The zero-order valence-corrected chi connectivity index (χ0v) is 15.7. The molecule has 0 aliphatic heterocycles. The van der Waals surface area contributed by atoms with Crippen LogP contribution in [0.15, 0.2) is 29.3 Å². The number of hydrogen-bond donors (Lipinski definition) is 2. The molecule has 0 amide bonds. The summed E-state index contributed by atoms with van der Waals surface area (Å²) in [6.07, 6.45) is 0. The second kappa shape index (κ2) is 8.53. The van der Waals surface area contributed by atoms with Crippen LogP contribution in [0.25, 0.3) is 0 Å². The predicted octanol–water partition coefficient (Wildman–Crippen LogP) is 2.75. The molecule has 0 aromatic heterocycles. The molecule has 1 atom stereocenters. The Morgan fingerprint density at radius 2 is 1.81 bits per heavy atom. The lowest BCUT2D eigenvalue weighted by Gasteiger charge is -2.25. The van der Waals surface area contributed by atoms with Crippen LogP contribution >= 0.6 is 24.0 Å². The van der Waals surface area contributed by atoms with Crippen molar-refractivity contribution in [2.45, 2.75) is 32.4 Å². The van der Waals surface area contributed by atoms with E-state index in [1.165, 1.54) is 12.1 Å². The number of nitrogens with two attached hydrogens (primary N) is 1. The highest BCUT2D eigenvalue weighted by Crippen LogP contribution is 2.18. The molecule has 1 unspecified atom stereocenters. The van der Waals surface area contributed by atoms with Crippen molar-refractivity contribution >= 4 is 29.9 Å². The molecule has 120 valence electrons. The number of likely N-dealkylation sites (N-methyl/N-ethyl adjacent to an activating group) is 1. The van der Waals surface area contributed by atoms with Crippen molar-refractivity contribution < 1.29 is 4.39 Å². The van der Waals surface area contributed by atoms with Gasteiger partial charge in [-0.25, -0.2) is 4.39 Å². The summed E-state index contributed by atoms with van der Waals surface area (Å²) in [6, 6.07) is 6.56. The van der Waals surface area contributed by atoms with Crippen LogP contribution in [0.5, 0.6) is 0 Å². The van der Waals surface area contributed by atoms with Gasteiger partial charge in [0.2, 0.25) is 0 Å². The van der Waals surface area contributed by atoms with Crippen molar-refractivity contribution in [2.24, 2.45) is 10.7 Å². The minimum atomic E-state index is -0.233. The number of aliphatic imine (C=N–C) groups is 1. The number of guanidine groups is 1. The van der Waals surface area contributed by atoms with E-state index in [-0.39, 0.29) is 41.4 Å². The van der Waals surface area contributed by atoms with Crippen LogP contribution in [0.1, 0.15) is 32.4 Å². The number of nitrogens with one attached hydrogen (secondary N) is 1. The Bertz CT molecular complexity index is 452. The molecule has 0 radical (unpaired) electrons. The average molecular weight is 408 g/mol. The quantitative estimate of drug-likeness (QED) is 0.458. The van der Waals surface area contributed by atoms with E-state index in [9.17, 15) is 4.39 Å². The van der Waals surface area contributed by atoms with Crippen molar-refractivity contribution in [3.05, 3.63) is 35.6 Å². The van der Waals surface area contributed by atoms with Gasteiger partial charge >= 0.3 is 0 Å². The lowest BCUT2D eigenvalue weighted by Crippen LogP contribution is -2.45. The van der Waals surface area contributed by atoms with Crippen molar-refractivity contribution in [2.75, 3.05) is 20.6 Å². The second-order valence-corrected chi connectivity index (χ2v) is 6.13. The summed E-state index contributed by atoms with van der Waals surface area (Å²) in [5.41, 5.74) is 6.77. The van der Waals surface area contributed by atoms with Gasteiger partial charge in [-0.15, -0.1) is 24.0 Å². The number of nitrogens with zero attached hydrogens (tertiary/aromatic N) is 2. The van der Waals surface area contributed by atoms with Gasteiger partial charge in [0, 0.05) is 5.54 Å². The average Bonchev–Trinajstić information content (AvgIpc) is 2.29.